The molecule has 3 rings (SSSR count). The molecule has 1 saturated heterocycles. The van der Waals surface area contributed by atoms with Crippen LogP contribution in [0.1, 0.15) is 84.8 Å². The average molecular weight is 550 g/mol. The van der Waals surface area contributed by atoms with Crippen LogP contribution in [0.2, 0.25) is 0 Å². The van der Waals surface area contributed by atoms with E-state index in [1.54, 1.807) is 13.8 Å². The van der Waals surface area contributed by atoms with Gasteiger partial charge in [0.05, 0.1) is 0 Å². The summed E-state index contributed by atoms with van der Waals surface area (Å²) in [7, 11) is 3.97. The highest BCUT2D eigenvalue weighted by Crippen LogP contribution is 2.29. The van der Waals surface area contributed by atoms with Crippen LogP contribution in [0.15, 0.2) is 59.9 Å². The van der Waals surface area contributed by atoms with E-state index >= 15 is 0 Å². The van der Waals surface area contributed by atoms with Gasteiger partial charge in [0, 0.05) is 52.4 Å². The van der Waals surface area contributed by atoms with Gasteiger partial charge in [-0.05, 0) is 47.2 Å². The lowest BCUT2D eigenvalue weighted by Crippen LogP contribution is -2.44. The smallest absolute Gasteiger partial charge is 0.352 e. The summed E-state index contributed by atoms with van der Waals surface area (Å²) in [5, 5.41) is 3.40. The van der Waals surface area contributed by atoms with Gasteiger partial charge in [0.25, 0.3) is 5.79 Å². The van der Waals surface area contributed by atoms with Gasteiger partial charge < -0.3 is 24.6 Å². The molecule has 2 aromatic rings. The Morgan fingerprint density at radius 2 is 1.43 bits per heavy atom. The second kappa shape index (κ2) is 13.2. The first kappa shape index (κ1) is 31.1. The zero-order valence-electron chi connectivity index (χ0n) is 25.6. The van der Waals surface area contributed by atoms with Gasteiger partial charge in [-0.1, -0.05) is 77.6 Å². The predicted octanol–water partition coefficient (Wildman–Crippen LogP) is 6.98. The van der Waals surface area contributed by atoms with Crippen LogP contribution in [0, 0.1) is 0 Å². The molecule has 0 saturated carbocycles. The zero-order valence-corrected chi connectivity index (χ0v) is 25.6. The van der Waals surface area contributed by atoms with Crippen molar-refractivity contribution in [3.05, 3.63) is 71.1 Å². The summed E-state index contributed by atoms with van der Waals surface area (Å²) in [6, 6.07) is 16.4. The van der Waals surface area contributed by atoms with E-state index in [1.165, 1.54) is 12.0 Å². The monoisotopic (exact) mass is 549 g/mol. The highest BCUT2D eigenvalue weighted by atomic mass is 16.7. The Morgan fingerprint density at radius 1 is 0.850 bits per heavy atom. The SMILES string of the molecule is CCCCCCCN(Cc1ccc(C(C)(C)C)cc1)C(Nc1ccc(N(C)C)cc1)=C1C(=O)OC(C)(C)OC1=O. The predicted molar refractivity (Wildman–Crippen MR) is 162 cm³/mol. The van der Waals surface area contributed by atoms with Crippen LogP contribution in [-0.2, 0) is 31.0 Å². The summed E-state index contributed by atoms with van der Waals surface area (Å²) in [5.41, 5.74) is 4.08. The number of nitrogens with one attached hydrogen (secondary N) is 1. The van der Waals surface area contributed by atoms with Crippen molar-refractivity contribution in [2.24, 2.45) is 0 Å². The van der Waals surface area contributed by atoms with Crippen LogP contribution in [0.3, 0.4) is 0 Å². The molecule has 0 aliphatic carbocycles. The minimum atomic E-state index is -1.32. The van der Waals surface area contributed by atoms with Crippen molar-refractivity contribution in [2.75, 3.05) is 30.9 Å². The van der Waals surface area contributed by atoms with E-state index in [2.05, 4.69) is 62.2 Å². The summed E-state index contributed by atoms with van der Waals surface area (Å²) in [5.74, 6) is -2.29. The van der Waals surface area contributed by atoms with Gasteiger partial charge in [-0.25, -0.2) is 9.59 Å². The number of carbonyl (C=O) groups is 2. The number of unbranched alkanes of at least 4 members (excludes halogenated alkanes) is 4. The first-order valence-corrected chi connectivity index (χ1v) is 14.4. The molecule has 7 heteroatoms. The fraction of sp³-hybridized carbons (Fsp3) is 0.515. The summed E-state index contributed by atoms with van der Waals surface area (Å²) >= 11 is 0. The third kappa shape index (κ3) is 8.51. The molecule has 1 heterocycles. The third-order valence-electron chi connectivity index (χ3n) is 7.01. The van der Waals surface area contributed by atoms with Crippen LogP contribution in [0.5, 0.6) is 0 Å². The van der Waals surface area contributed by atoms with Gasteiger partial charge in [0.15, 0.2) is 5.57 Å². The molecule has 0 aromatic heterocycles. The number of cyclic esters (lactones) is 2. The average Bonchev–Trinajstić information content (AvgIpc) is 2.86. The number of ether oxygens (including phenoxy) is 2. The molecule has 0 atom stereocenters. The van der Waals surface area contributed by atoms with E-state index in [9.17, 15) is 9.59 Å². The van der Waals surface area contributed by atoms with Crippen LogP contribution in [0.4, 0.5) is 11.4 Å². The third-order valence-corrected chi connectivity index (χ3v) is 7.01. The van der Waals surface area contributed by atoms with E-state index in [0.717, 1.165) is 42.6 Å². The molecule has 1 aliphatic rings. The molecule has 40 heavy (non-hydrogen) atoms. The summed E-state index contributed by atoms with van der Waals surface area (Å²) in [4.78, 5) is 30.6. The maximum atomic E-state index is 13.3. The number of anilines is 2. The van der Waals surface area contributed by atoms with Gasteiger partial charge in [-0.15, -0.1) is 0 Å². The van der Waals surface area contributed by atoms with Crippen LogP contribution in [0.25, 0.3) is 0 Å². The Morgan fingerprint density at radius 3 is 1.95 bits per heavy atom. The molecule has 0 unspecified atom stereocenters. The highest BCUT2D eigenvalue weighted by molar-refractivity contribution is 6.16. The maximum Gasteiger partial charge on any atom is 0.352 e. The minimum absolute atomic E-state index is 0.0489. The maximum absolute atomic E-state index is 13.3. The largest absolute Gasteiger partial charge is 0.419 e. The number of esters is 2. The first-order chi connectivity index (χ1) is 18.8. The second-order valence-corrected chi connectivity index (χ2v) is 12.3. The Balaban J connectivity index is 2.03. The quantitative estimate of drug-likeness (QED) is 0.132. The van der Waals surface area contributed by atoms with Crippen molar-refractivity contribution < 1.29 is 19.1 Å². The molecule has 1 fully saturated rings. The lowest BCUT2D eigenvalue weighted by molar-refractivity contribution is -0.222. The highest BCUT2D eigenvalue weighted by Gasteiger charge is 2.42. The molecule has 0 spiro atoms. The number of carbonyl (C=O) groups excluding carboxylic acids is 2. The van der Waals surface area contributed by atoms with Crippen molar-refractivity contribution in [1.82, 2.24) is 4.90 Å². The number of hydrogen-bond acceptors (Lipinski definition) is 7. The minimum Gasteiger partial charge on any atom is -0.419 e. The molecule has 0 bridgehead atoms. The van der Waals surface area contributed by atoms with Gasteiger partial charge in [-0.3, -0.25) is 0 Å². The lowest BCUT2D eigenvalue weighted by Gasteiger charge is -2.34. The molecule has 1 N–H and O–H groups in total. The molecular formula is C33H47N3O4. The van der Waals surface area contributed by atoms with Crippen LogP contribution < -0.4 is 10.2 Å². The van der Waals surface area contributed by atoms with E-state index in [-0.39, 0.29) is 11.0 Å². The molecule has 7 nitrogen and oxygen atoms in total. The molecule has 218 valence electrons. The van der Waals surface area contributed by atoms with E-state index in [1.807, 2.05) is 43.3 Å². The fourth-order valence-electron chi connectivity index (χ4n) is 4.63. The number of rotatable bonds is 12. The van der Waals surface area contributed by atoms with Crippen molar-refractivity contribution in [3.8, 4) is 0 Å². The summed E-state index contributed by atoms with van der Waals surface area (Å²) < 4.78 is 11.0. The summed E-state index contributed by atoms with van der Waals surface area (Å²) in [6.45, 7) is 13.1. The van der Waals surface area contributed by atoms with E-state index < -0.39 is 17.7 Å². The van der Waals surface area contributed by atoms with Gasteiger partial charge in [0.1, 0.15) is 5.82 Å². The lowest BCUT2D eigenvalue weighted by atomic mass is 9.87. The Kier molecular flexibility index (Phi) is 10.3. The number of hydrogen-bond donors (Lipinski definition) is 1. The standard InChI is InChI=1S/C33H47N3O4/c1-9-10-11-12-13-22-36(23-24-14-16-25(17-15-24)32(2,3)4)29(28-30(37)39-33(5,6)40-31(28)38)34-26-18-20-27(21-19-26)35(7)8/h14-21,34H,9-13,22-23H2,1-8H3. The van der Waals surface area contributed by atoms with Crippen LogP contribution in [-0.4, -0.2) is 43.3 Å². The molecule has 2 aromatic carbocycles. The Hall–Kier alpha value is -3.48. The molecule has 0 amide bonds. The number of nitrogens with zero attached hydrogens (tertiary/aromatic N) is 2. The normalized spacial score (nSPS) is 14.8. The first-order valence-electron chi connectivity index (χ1n) is 14.4. The van der Waals surface area contributed by atoms with Crippen molar-refractivity contribution >= 4 is 23.3 Å². The van der Waals surface area contributed by atoms with Gasteiger partial charge in [-0.2, -0.15) is 0 Å². The molecular weight excluding hydrogens is 502 g/mol. The molecule has 0 radical (unpaired) electrons. The second-order valence-electron chi connectivity index (χ2n) is 12.3. The van der Waals surface area contributed by atoms with Gasteiger partial charge in [0.2, 0.25) is 0 Å². The molecule has 1 aliphatic heterocycles. The van der Waals surface area contributed by atoms with Crippen LogP contribution >= 0.6 is 0 Å². The van der Waals surface area contributed by atoms with E-state index in [0.29, 0.717) is 18.9 Å². The number of benzene rings is 2. The van der Waals surface area contributed by atoms with Crippen molar-refractivity contribution in [1.29, 1.82) is 0 Å². The van der Waals surface area contributed by atoms with Gasteiger partial charge >= 0.3 is 11.9 Å². The Labute approximate surface area is 240 Å². The fourth-order valence-corrected chi connectivity index (χ4v) is 4.63. The van der Waals surface area contributed by atoms with Crippen molar-refractivity contribution in [3.63, 3.8) is 0 Å². The topological polar surface area (TPSA) is 71.1 Å². The van der Waals surface area contributed by atoms with E-state index in [4.69, 9.17) is 9.47 Å². The van der Waals surface area contributed by atoms with Crippen molar-refractivity contribution in [2.45, 2.75) is 91.4 Å². The summed E-state index contributed by atoms with van der Waals surface area (Å²) in [6.07, 6.45) is 5.49. The zero-order chi connectivity index (χ0) is 29.5. The Bertz CT molecular complexity index is 1150.